The molecule has 2 amide bonds. The van der Waals surface area contributed by atoms with E-state index in [2.05, 4.69) is 22.4 Å². The number of aromatic nitrogens is 4. The van der Waals surface area contributed by atoms with Crippen LogP contribution in [0.1, 0.15) is 26.2 Å². The summed E-state index contributed by atoms with van der Waals surface area (Å²) in [6.45, 7) is 2.64. The summed E-state index contributed by atoms with van der Waals surface area (Å²) in [6.07, 6.45) is 4.23. The summed E-state index contributed by atoms with van der Waals surface area (Å²) in [5, 5.41) is 11.4. The summed E-state index contributed by atoms with van der Waals surface area (Å²) in [5.74, 6) is -0.275. The molecule has 3 rings (SSSR count). The largest absolute Gasteiger partial charge is 0.327 e. The number of halogens is 1. The van der Waals surface area contributed by atoms with Gasteiger partial charge in [-0.25, -0.2) is 4.68 Å². The Bertz CT molecular complexity index is 766. The van der Waals surface area contributed by atoms with Crippen LogP contribution in [0.4, 0.5) is 5.69 Å². The number of piperazine rings is 1. The van der Waals surface area contributed by atoms with E-state index in [-0.39, 0.29) is 30.9 Å². The molecular weight excluding hydrogens is 356 g/mol. The van der Waals surface area contributed by atoms with Crippen LogP contribution < -0.4 is 4.90 Å². The quantitative estimate of drug-likeness (QED) is 0.767. The molecule has 1 aromatic heterocycles. The van der Waals surface area contributed by atoms with E-state index >= 15 is 0 Å². The molecule has 2 heterocycles. The topological polar surface area (TPSA) is 84.2 Å². The van der Waals surface area contributed by atoms with Gasteiger partial charge in [0.15, 0.2) is 0 Å². The first-order valence-corrected chi connectivity index (χ1v) is 9.02. The maximum Gasteiger partial charge on any atom is 0.246 e. The molecule has 0 spiro atoms. The van der Waals surface area contributed by atoms with Gasteiger partial charge in [0.2, 0.25) is 11.8 Å². The molecule has 1 saturated heterocycles. The van der Waals surface area contributed by atoms with Gasteiger partial charge < -0.3 is 9.80 Å². The predicted octanol–water partition coefficient (Wildman–Crippen LogP) is 1.76. The molecule has 2 aromatic rings. The molecular formula is C17H21ClN6O2. The van der Waals surface area contributed by atoms with Crippen molar-refractivity contribution in [3.63, 3.8) is 0 Å². The number of rotatable bonds is 6. The number of benzene rings is 1. The molecule has 0 saturated carbocycles. The van der Waals surface area contributed by atoms with Crippen molar-refractivity contribution >= 4 is 29.1 Å². The van der Waals surface area contributed by atoms with Gasteiger partial charge in [-0.05, 0) is 35.0 Å². The van der Waals surface area contributed by atoms with Gasteiger partial charge in [0.1, 0.15) is 19.4 Å². The van der Waals surface area contributed by atoms with Crippen LogP contribution in [0.5, 0.6) is 0 Å². The van der Waals surface area contributed by atoms with E-state index in [4.69, 9.17) is 11.6 Å². The Morgan fingerprint density at radius 2 is 2.23 bits per heavy atom. The molecule has 0 bridgehead atoms. The average Bonchev–Trinajstić information content (AvgIpc) is 3.13. The second-order valence-corrected chi connectivity index (χ2v) is 6.75. The third-order valence-corrected chi connectivity index (χ3v) is 4.70. The fourth-order valence-corrected chi connectivity index (χ4v) is 3.31. The van der Waals surface area contributed by atoms with E-state index in [9.17, 15) is 9.59 Å². The molecule has 9 heteroatoms. The molecule has 1 unspecified atom stereocenters. The van der Waals surface area contributed by atoms with Crippen molar-refractivity contribution in [1.82, 2.24) is 25.1 Å². The smallest absolute Gasteiger partial charge is 0.246 e. The fraction of sp³-hybridized carbons (Fsp3) is 0.471. The number of amides is 2. The van der Waals surface area contributed by atoms with Gasteiger partial charge >= 0.3 is 0 Å². The third-order valence-electron chi connectivity index (χ3n) is 4.46. The monoisotopic (exact) mass is 376 g/mol. The number of anilines is 1. The lowest BCUT2D eigenvalue weighted by molar-refractivity contribution is -0.140. The first-order valence-electron chi connectivity index (χ1n) is 8.64. The Hall–Kier alpha value is -2.48. The number of carbonyl (C=O) groups excluding carboxylic acids is 2. The van der Waals surface area contributed by atoms with Crippen LogP contribution in [0.2, 0.25) is 5.02 Å². The van der Waals surface area contributed by atoms with Crippen molar-refractivity contribution < 1.29 is 9.59 Å². The average molecular weight is 377 g/mol. The van der Waals surface area contributed by atoms with Crippen LogP contribution >= 0.6 is 11.6 Å². The Labute approximate surface area is 156 Å². The van der Waals surface area contributed by atoms with Gasteiger partial charge in [0.25, 0.3) is 0 Å². The minimum atomic E-state index is -0.155. The van der Waals surface area contributed by atoms with Crippen molar-refractivity contribution in [2.75, 3.05) is 18.0 Å². The first kappa shape index (κ1) is 18.3. The summed E-state index contributed by atoms with van der Waals surface area (Å²) in [5.41, 5.74) is 0.761. The number of tetrazole rings is 1. The van der Waals surface area contributed by atoms with Crippen LogP contribution in [0.3, 0.4) is 0 Å². The van der Waals surface area contributed by atoms with Gasteiger partial charge in [0.05, 0.1) is 6.04 Å². The Balaban J connectivity index is 1.78. The molecule has 8 nitrogen and oxygen atoms in total. The van der Waals surface area contributed by atoms with E-state index in [1.807, 2.05) is 12.1 Å². The van der Waals surface area contributed by atoms with E-state index in [1.165, 1.54) is 11.0 Å². The molecule has 1 fully saturated rings. The Morgan fingerprint density at radius 1 is 1.38 bits per heavy atom. The zero-order valence-corrected chi connectivity index (χ0v) is 15.3. The number of unbranched alkanes of at least 4 members (excludes halogenated alkanes) is 1. The minimum Gasteiger partial charge on any atom is -0.327 e. The van der Waals surface area contributed by atoms with E-state index < -0.39 is 0 Å². The molecule has 1 aliphatic heterocycles. The molecule has 1 aliphatic rings. The van der Waals surface area contributed by atoms with Gasteiger partial charge in [-0.3, -0.25) is 9.59 Å². The zero-order valence-electron chi connectivity index (χ0n) is 14.6. The van der Waals surface area contributed by atoms with Crippen molar-refractivity contribution in [2.24, 2.45) is 0 Å². The van der Waals surface area contributed by atoms with E-state index in [0.29, 0.717) is 11.6 Å². The summed E-state index contributed by atoms with van der Waals surface area (Å²) < 4.78 is 1.37. The Kier molecular flexibility index (Phi) is 5.82. The molecule has 0 N–H and O–H groups in total. The van der Waals surface area contributed by atoms with Crippen LogP contribution in [0.25, 0.3) is 0 Å². The van der Waals surface area contributed by atoms with Crippen LogP contribution in [-0.4, -0.2) is 56.1 Å². The molecule has 0 radical (unpaired) electrons. The summed E-state index contributed by atoms with van der Waals surface area (Å²) in [6, 6.07) is 7.18. The lowest BCUT2D eigenvalue weighted by atomic mass is 10.0. The summed E-state index contributed by atoms with van der Waals surface area (Å²) in [4.78, 5) is 28.8. The molecule has 1 atom stereocenters. The normalized spacial score (nSPS) is 17.6. The Morgan fingerprint density at radius 3 is 2.92 bits per heavy atom. The second-order valence-electron chi connectivity index (χ2n) is 6.31. The fourth-order valence-electron chi connectivity index (χ4n) is 3.13. The molecule has 0 aliphatic carbocycles. The molecule has 1 aromatic carbocycles. The number of hydrogen-bond acceptors (Lipinski definition) is 5. The van der Waals surface area contributed by atoms with Gasteiger partial charge in [-0.15, -0.1) is 5.10 Å². The van der Waals surface area contributed by atoms with Crippen LogP contribution in [0.15, 0.2) is 30.6 Å². The number of nitrogens with zero attached hydrogens (tertiary/aromatic N) is 6. The lowest BCUT2D eigenvalue weighted by Gasteiger charge is -2.41. The van der Waals surface area contributed by atoms with E-state index in [0.717, 1.165) is 24.9 Å². The van der Waals surface area contributed by atoms with Crippen molar-refractivity contribution in [1.29, 1.82) is 0 Å². The van der Waals surface area contributed by atoms with Crippen molar-refractivity contribution in [3.05, 3.63) is 35.6 Å². The highest BCUT2D eigenvalue weighted by Crippen LogP contribution is 2.25. The number of carbonyl (C=O) groups is 2. The third kappa shape index (κ3) is 4.19. The highest BCUT2D eigenvalue weighted by atomic mass is 35.5. The molecule has 138 valence electrons. The van der Waals surface area contributed by atoms with Gasteiger partial charge in [-0.2, -0.15) is 0 Å². The van der Waals surface area contributed by atoms with Crippen molar-refractivity contribution in [2.45, 2.75) is 38.8 Å². The highest BCUT2D eigenvalue weighted by molar-refractivity contribution is 6.30. The standard InChI is InChI=1S/C17H21ClN6O2/c1-2-3-6-15-9-23(14-7-4-5-13(18)8-14)17(26)11-24(15)16(25)10-22-12-19-20-21-22/h4-5,7-8,12,15H,2-3,6,9-11H2,1H3. The highest BCUT2D eigenvalue weighted by Gasteiger charge is 2.35. The maximum atomic E-state index is 12.7. The zero-order chi connectivity index (χ0) is 18.5. The van der Waals surface area contributed by atoms with Gasteiger partial charge in [-0.1, -0.05) is 37.4 Å². The lowest BCUT2D eigenvalue weighted by Crippen LogP contribution is -2.58. The predicted molar refractivity (Wildman–Crippen MR) is 96.6 cm³/mol. The van der Waals surface area contributed by atoms with Crippen molar-refractivity contribution in [3.8, 4) is 0 Å². The van der Waals surface area contributed by atoms with Crippen LogP contribution in [0, 0.1) is 0 Å². The molecule has 26 heavy (non-hydrogen) atoms. The first-order chi connectivity index (χ1) is 12.6. The van der Waals surface area contributed by atoms with Gasteiger partial charge in [0, 0.05) is 17.3 Å². The second kappa shape index (κ2) is 8.27. The SMILES string of the molecule is CCCCC1CN(c2cccc(Cl)c2)C(=O)CN1C(=O)Cn1cnnn1. The minimum absolute atomic E-state index is 0.0278. The summed E-state index contributed by atoms with van der Waals surface area (Å²) >= 11 is 6.07. The van der Waals surface area contributed by atoms with Crippen LogP contribution in [-0.2, 0) is 16.1 Å². The maximum absolute atomic E-state index is 12.7. The number of hydrogen-bond donors (Lipinski definition) is 0. The summed E-state index contributed by atoms with van der Waals surface area (Å²) in [7, 11) is 0. The van der Waals surface area contributed by atoms with E-state index in [1.54, 1.807) is 21.9 Å².